The molecule has 0 saturated heterocycles. The van der Waals surface area contributed by atoms with Crippen molar-refractivity contribution < 1.29 is 29.3 Å². The Labute approximate surface area is 331 Å². The van der Waals surface area contributed by atoms with Gasteiger partial charge in [-0.15, -0.1) is 10.2 Å². The largest absolute Gasteiger partial charge is 0.481 e. The first-order valence-electron chi connectivity index (χ1n) is 20.7. The molecule has 11 nitrogen and oxygen atoms in total. The number of hydrogen-bond donors (Lipinski definition) is 2. The molecule has 4 saturated carbocycles. The first kappa shape index (κ1) is 40.3. The number of nitrogens with zero attached hydrogens (tertiary/aromatic N) is 5. The van der Waals surface area contributed by atoms with E-state index in [2.05, 4.69) is 69.7 Å². The Kier molecular flexibility index (Phi) is 9.59. The smallest absolute Gasteiger partial charge is 0.309 e. The number of fused-ring (bicyclic) bond motifs is 7. The Hall–Kier alpha value is -3.91. The molecule has 5 aliphatic carbocycles. The second kappa shape index (κ2) is 13.3. The van der Waals surface area contributed by atoms with Gasteiger partial charge in [0.2, 0.25) is 0 Å². The van der Waals surface area contributed by atoms with Gasteiger partial charge in [-0.05, 0) is 128 Å². The maximum absolute atomic E-state index is 14.3. The van der Waals surface area contributed by atoms with Crippen molar-refractivity contribution in [2.45, 2.75) is 139 Å². The Bertz CT molecular complexity index is 2030. The highest BCUT2D eigenvalue weighted by Crippen LogP contribution is 2.77. The number of carboxylic acid groups (broad SMARTS) is 1. The number of carbonyl (C=O) groups excluding carboxylic acids is 2. The van der Waals surface area contributed by atoms with Crippen LogP contribution in [-0.2, 0) is 26.2 Å². The molecule has 2 heterocycles. The summed E-state index contributed by atoms with van der Waals surface area (Å²) >= 11 is 0. The van der Waals surface area contributed by atoms with Crippen molar-refractivity contribution in [3.8, 4) is 17.6 Å². The average Bonchev–Trinajstić information content (AvgIpc) is 3.66. The van der Waals surface area contributed by atoms with Gasteiger partial charge in [-0.3, -0.25) is 19.4 Å². The first-order valence-corrected chi connectivity index (χ1v) is 20.7. The van der Waals surface area contributed by atoms with Gasteiger partial charge in [-0.25, -0.2) is 0 Å². The number of aliphatic carboxylic acids is 1. The monoisotopic (exact) mass is 767 g/mol. The number of carbonyl (C=O) groups is 3. The molecule has 11 heteroatoms. The summed E-state index contributed by atoms with van der Waals surface area (Å²) in [7, 11) is 1.83. The SMILES string of the molecule is CC(C)C1=C2[C@H]3CC[C@@H]4[C@@]5(C)CC[C@H](OC(=O)CC(C)(C)C(=O)O)C(C)(C)[C@@H]5CC[C@@]4(C)[C@]3(C)CC[C@@]2([C@@H](O)c2nnc(-c3ccc(C#N)cn3)n2C)CC1=O. The molecule has 56 heavy (non-hydrogen) atoms. The number of aliphatic hydroxyl groups excluding tert-OH is 1. The second-order valence-corrected chi connectivity index (χ2v) is 20.4. The van der Waals surface area contributed by atoms with E-state index in [4.69, 9.17) is 4.74 Å². The van der Waals surface area contributed by atoms with Crippen LogP contribution in [0.4, 0.5) is 0 Å². The van der Waals surface area contributed by atoms with Crippen molar-refractivity contribution in [1.29, 1.82) is 5.26 Å². The molecule has 2 aromatic rings. The van der Waals surface area contributed by atoms with E-state index < -0.39 is 28.9 Å². The van der Waals surface area contributed by atoms with Crippen LogP contribution in [0.1, 0.15) is 144 Å². The molecule has 0 unspecified atom stereocenters. The van der Waals surface area contributed by atoms with E-state index in [-0.39, 0.29) is 58.2 Å². The zero-order valence-electron chi connectivity index (χ0n) is 35.0. The number of pyridine rings is 1. The van der Waals surface area contributed by atoms with Crippen molar-refractivity contribution in [3.63, 3.8) is 0 Å². The van der Waals surface area contributed by atoms with Gasteiger partial charge in [0.25, 0.3) is 0 Å². The Morgan fingerprint density at radius 2 is 1.71 bits per heavy atom. The topological polar surface area (TPSA) is 168 Å². The van der Waals surface area contributed by atoms with E-state index in [0.717, 1.165) is 56.1 Å². The Morgan fingerprint density at radius 3 is 2.34 bits per heavy atom. The molecule has 0 aliphatic heterocycles. The molecule has 5 aliphatic rings. The molecule has 0 spiro atoms. The predicted molar refractivity (Wildman–Crippen MR) is 209 cm³/mol. The minimum Gasteiger partial charge on any atom is -0.481 e. The fourth-order valence-corrected chi connectivity index (χ4v) is 13.5. The second-order valence-electron chi connectivity index (χ2n) is 20.4. The fraction of sp³-hybridized carbons (Fsp3) is 0.711. The number of carboxylic acids is 1. The summed E-state index contributed by atoms with van der Waals surface area (Å²) in [5.41, 5.74) is 0.687. The highest BCUT2D eigenvalue weighted by Gasteiger charge is 2.71. The molecule has 2 N–H and O–H groups in total. The molecule has 2 aromatic heterocycles. The molecule has 7 rings (SSSR count). The van der Waals surface area contributed by atoms with Crippen LogP contribution in [0.15, 0.2) is 29.5 Å². The van der Waals surface area contributed by atoms with Gasteiger partial charge >= 0.3 is 11.9 Å². The number of aromatic nitrogens is 4. The number of nitriles is 1. The first-order chi connectivity index (χ1) is 26.1. The van der Waals surface area contributed by atoms with Gasteiger partial charge in [-0.2, -0.15) is 5.26 Å². The third-order valence-electron chi connectivity index (χ3n) is 16.7. The van der Waals surface area contributed by atoms with E-state index in [0.29, 0.717) is 41.2 Å². The lowest BCUT2D eigenvalue weighted by Crippen LogP contribution is -2.66. The normalized spacial score (nSPS) is 35.5. The van der Waals surface area contributed by atoms with Gasteiger partial charge < -0.3 is 19.5 Å². The maximum Gasteiger partial charge on any atom is 0.309 e. The molecular formula is C45H61N5O6. The van der Waals surface area contributed by atoms with Crippen LogP contribution in [0, 0.1) is 67.5 Å². The van der Waals surface area contributed by atoms with Crippen LogP contribution >= 0.6 is 0 Å². The van der Waals surface area contributed by atoms with E-state index in [9.17, 15) is 29.9 Å². The van der Waals surface area contributed by atoms with Gasteiger partial charge in [0, 0.05) is 30.5 Å². The molecule has 4 fully saturated rings. The number of hydrogen-bond acceptors (Lipinski definition) is 9. The average molecular weight is 768 g/mol. The van der Waals surface area contributed by atoms with Crippen LogP contribution in [0.3, 0.4) is 0 Å². The fourth-order valence-electron chi connectivity index (χ4n) is 13.5. The molecule has 302 valence electrons. The van der Waals surface area contributed by atoms with Gasteiger partial charge in [-0.1, -0.05) is 48.5 Å². The number of allylic oxidation sites excluding steroid dienone is 1. The number of rotatable bonds is 8. The van der Waals surface area contributed by atoms with Crippen LogP contribution in [-0.4, -0.2) is 53.8 Å². The number of ketones is 1. The van der Waals surface area contributed by atoms with Crippen molar-refractivity contribution in [1.82, 2.24) is 19.7 Å². The summed E-state index contributed by atoms with van der Waals surface area (Å²) in [5, 5.41) is 40.5. The van der Waals surface area contributed by atoms with Crippen LogP contribution < -0.4 is 0 Å². The van der Waals surface area contributed by atoms with Crippen LogP contribution in [0.25, 0.3) is 11.5 Å². The summed E-state index contributed by atoms with van der Waals surface area (Å²) in [4.78, 5) is 43.6. The van der Waals surface area contributed by atoms with E-state index in [1.54, 1.807) is 30.5 Å². The van der Waals surface area contributed by atoms with Crippen molar-refractivity contribution in [2.75, 3.05) is 0 Å². The summed E-state index contributed by atoms with van der Waals surface area (Å²) in [6, 6.07) is 5.53. The van der Waals surface area contributed by atoms with E-state index in [1.165, 1.54) is 6.20 Å². The summed E-state index contributed by atoms with van der Waals surface area (Å²) in [6.07, 6.45) is 7.53. The summed E-state index contributed by atoms with van der Waals surface area (Å²) in [6.45, 7) is 19.4. The predicted octanol–water partition coefficient (Wildman–Crippen LogP) is 8.18. The molecule has 9 atom stereocenters. The van der Waals surface area contributed by atoms with Crippen molar-refractivity contribution in [3.05, 3.63) is 40.9 Å². The van der Waals surface area contributed by atoms with Crippen LogP contribution in [0.5, 0.6) is 0 Å². The number of esters is 1. The quantitative estimate of drug-likeness (QED) is 0.250. The number of ether oxygens (including phenoxy) is 1. The molecule has 0 amide bonds. The standard InChI is InChI=1S/C45H61N5O6/c1-25(2)34-29(51)21-45(36(53)38-49-48-37(50(38)10)28-13-11-26(23-46)24-47-28)20-19-43(8)27(35(34)45)12-14-31-42(7)17-16-32(56-33(52)22-40(3,4)39(54)55)41(5,6)30(42)15-18-44(31,43)9/h11,13,24-25,27,30-32,36,53H,12,14-22H2,1-10H3,(H,54,55)/t27-,30+,31-,32+,36+,42+,43-,44-,45-/m1/s1. The van der Waals surface area contributed by atoms with Gasteiger partial charge in [0.1, 0.15) is 24.0 Å². The van der Waals surface area contributed by atoms with Crippen molar-refractivity contribution >= 4 is 17.7 Å². The zero-order chi connectivity index (χ0) is 41.0. The Morgan fingerprint density at radius 1 is 1.00 bits per heavy atom. The highest BCUT2D eigenvalue weighted by molar-refractivity contribution is 6.00. The Balaban J connectivity index is 1.20. The lowest BCUT2D eigenvalue weighted by molar-refractivity contribution is -0.235. The number of aliphatic hydroxyl groups is 1. The molecule has 0 radical (unpaired) electrons. The zero-order valence-corrected chi connectivity index (χ0v) is 35.0. The molecule has 0 aromatic carbocycles. The van der Waals surface area contributed by atoms with E-state index in [1.807, 2.05) is 7.05 Å². The minimum absolute atomic E-state index is 0.0109. The van der Waals surface area contributed by atoms with Gasteiger partial charge in [0.05, 0.1) is 17.4 Å². The summed E-state index contributed by atoms with van der Waals surface area (Å²) in [5.74, 6) is 0.508. The van der Waals surface area contributed by atoms with Crippen LogP contribution in [0.2, 0.25) is 0 Å². The highest BCUT2D eigenvalue weighted by atomic mass is 16.5. The maximum atomic E-state index is 14.3. The third-order valence-corrected chi connectivity index (χ3v) is 16.7. The minimum atomic E-state index is -1.19. The van der Waals surface area contributed by atoms with Crippen molar-refractivity contribution in [2.24, 2.45) is 63.2 Å². The number of Topliss-reactive ketones (excluding diaryl/α,β-unsaturated/α-hetero) is 1. The lowest BCUT2D eigenvalue weighted by atomic mass is 9.33. The summed E-state index contributed by atoms with van der Waals surface area (Å²) < 4.78 is 7.96. The molecular weight excluding hydrogens is 707 g/mol. The lowest BCUT2D eigenvalue weighted by Gasteiger charge is -2.72. The third kappa shape index (κ3) is 5.66. The molecule has 0 bridgehead atoms. The van der Waals surface area contributed by atoms with E-state index >= 15 is 0 Å². The van der Waals surface area contributed by atoms with Gasteiger partial charge in [0.15, 0.2) is 17.4 Å².